The third-order valence-corrected chi connectivity index (χ3v) is 3.02. The molecule has 0 bridgehead atoms. The van der Waals surface area contributed by atoms with Crippen LogP contribution in [0.1, 0.15) is 22.9 Å². The first-order valence-corrected chi connectivity index (χ1v) is 6.83. The van der Waals surface area contributed by atoms with Gasteiger partial charge in [0.25, 0.3) is 5.89 Å². The Bertz CT molecular complexity index is 752. The minimum atomic E-state index is 0.363. The van der Waals surface area contributed by atoms with Gasteiger partial charge in [-0.1, -0.05) is 59.6 Å². The van der Waals surface area contributed by atoms with E-state index in [9.17, 15) is 0 Å². The van der Waals surface area contributed by atoms with Crippen LogP contribution in [0, 0.1) is 11.8 Å². The molecular weight excluding hydrogens is 260 g/mol. The van der Waals surface area contributed by atoms with Gasteiger partial charge in [-0.05, 0) is 30.0 Å². The van der Waals surface area contributed by atoms with E-state index in [4.69, 9.17) is 4.42 Å². The van der Waals surface area contributed by atoms with Crippen LogP contribution in [0.25, 0.3) is 0 Å². The van der Waals surface area contributed by atoms with Gasteiger partial charge in [0.05, 0.1) is 0 Å². The van der Waals surface area contributed by atoms with Crippen LogP contribution in [0.3, 0.4) is 0 Å². The van der Waals surface area contributed by atoms with Crippen molar-refractivity contribution in [1.29, 1.82) is 0 Å². The van der Waals surface area contributed by atoms with Crippen LogP contribution < -0.4 is 0 Å². The molecule has 3 rings (SSSR count). The molecule has 0 radical (unpaired) electrons. The van der Waals surface area contributed by atoms with E-state index in [-0.39, 0.29) is 0 Å². The van der Waals surface area contributed by atoms with Crippen molar-refractivity contribution in [2.24, 2.45) is 0 Å². The molecule has 0 aliphatic rings. The standard InChI is InChI=1S/C18H14N2O/c1-3-7-15(8-4-1)11-13-17-19-20-18(21-17)14-12-16-9-5-2-6-10-16/h1-10H,11,13H2. The Morgan fingerprint density at radius 2 is 1.48 bits per heavy atom. The zero-order chi connectivity index (χ0) is 14.3. The summed E-state index contributed by atoms with van der Waals surface area (Å²) in [5, 5.41) is 7.98. The fourth-order valence-corrected chi connectivity index (χ4v) is 1.95. The topological polar surface area (TPSA) is 38.9 Å². The third-order valence-electron chi connectivity index (χ3n) is 3.02. The van der Waals surface area contributed by atoms with E-state index in [1.165, 1.54) is 5.56 Å². The number of rotatable bonds is 3. The average Bonchev–Trinajstić information content (AvgIpc) is 3.01. The van der Waals surface area contributed by atoms with Crippen LogP contribution >= 0.6 is 0 Å². The summed E-state index contributed by atoms with van der Waals surface area (Å²) in [6, 6.07) is 20.0. The minimum absolute atomic E-state index is 0.363. The molecule has 0 N–H and O–H groups in total. The van der Waals surface area contributed by atoms with Crippen molar-refractivity contribution < 1.29 is 4.42 Å². The van der Waals surface area contributed by atoms with Crippen LogP contribution in [0.5, 0.6) is 0 Å². The summed E-state index contributed by atoms with van der Waals surface area (Å²) in [4.78, 5) is 0. The van der Waals surface area contributed by atoms with Gasteiger partial charge in [0.1, 0.15) is 0 Å². The smallest absolute Gasteiger partial charge is 0.294 e. The number of aromatic nitrogens is 2. The van der Waals surface area contributed by atoms with Gasteiger partial charge in [-0.2, -0.15) is 0 Å². The van der Waals surface area contributed by atoms with E-state index in [0.717, 1.165) is 18.4 Å². The number of benzene rings is 2. The first-order chi connectivity index (χ1) is 10.4. The van der Waals surface area contributed by atoms with Crippen LogP contribution in [-0.4, -0.2) is 10.2 Å². The molecule has 2 aromatic carbocycles. The highest BCUT2D eigenvalue weighted by atomic mass is 16.4. The molecule has 0 saturated heterocycles. The second-order valence-electron chi connectivity index (χ2n) is 4.60. The lowest BCUT2D eigenvalue weighted by molar-refractivity contribution is 0.482. The maximum atomic E-state index is 5.53. The van der Waals surface area contributed by atoms with Gasteiger partial charge in [0.15, 0.2) is 0 Å². The molecule has 1 heterocycles. The van der Waals surface area contributed by atoms with Gasteiger partial charge in [-0.3, -0.25) is 0 Å². The molecule has 0 unspecified atom stereocenters. The van der Waals surface area contributed by atoms with Gasteiger partial charge in [-0.25, -0.2) is 0 Å². The number of nitrogens with zero attached hydrogens (tertiary/aromatic N) is 2. The van der Waals surface area contributed by atoms with Crippen molar-refractivity contribution >= 4 is 0 Å². The van der Waals surface area contributed by atoms with Crippen molar-refractivity contribution in [1.82, 2.24) is 10.2 Å². The zero-order valence-corrected chi connectivity index (χ0v) is 11.5. The van der Waals surface area contributed by atoms with Gasteiger partial charge in [0.2, 0.25) is 5.89 Å². The Morgan fingerprint density at radius 1 is 0.762 bits per heavy atom. The Morgan fingerprint density at radius 3 is 2.24 bits per heavy atom. The molecule has 0 amide bonds. The second kappa shape index (κ2) is 6.53. The van der Waals surface area contributed by atoms with Gasteiger partial charge >= 0.3 is 0 Å². The molecule has 0 atom stereocenters. The highest BCUT2D eigenvalue weighted by Crippen LogP contribution is 2.06. The third kappa shape index (κ3) is 3.80. The molecule has 0 aliphatic heterocycles. The highest BCUT2D eigenvalue weighted by molar-refractivity contribution is 5.36. The SMILES string of the molecule is C(#Cc1nnc(CCc2ccccc2)o1)c1ccccc1. The zero-order valence-electron chi connectivity index (χ0n) is 11.5. The molecule has 0 saturated carbocycles. The van der Waals surface area contributed by atoms with E-state index in [1.807, 2.05) is 48.5 Å². The average molecular weight is 274 g/mol. The first kappa shape index (κ1) is 13.1. The largest absolute Gasteiger partial charge is 0.414 e. The molecule has 21 heavy (non-hydrogen) atoms. The van der Waals surface area contributed by atoms with Crippen molar-refractivity contribution in [2.75, 3.05) is 0 Å². The number of hydrogen-bond donors (Lipinski definition) is 0. The van der Waals surface area contributed by atoms with Crippen molar-refractivity contribution in [3.05, 3.63) is 83.6 Å². The van der Waals surface area contributed by atoms with Crippen molar-refractivity contribution in [3.63, 3.8) is 0 Å². The van der Waals surface area contributed by atoms with Crippen LogP contribution in [0.4, 0.5) is 0 Å². The molecule has 1 aromatic heterocycles. The Balaban J connectivity index is 1.63. The Kier molecular flexibility index (Phi) is 4.09. The van der Waals surface area contributed by atoms with Crippen LogP contribution in [-0.2, 0) is 12.8 Å². The maximum Gasteiger partial charge on any atom is 0.294 e. The second-order valence-corrected chi connectivity index (χ2v) is 4.60. The normalized spacial score (nSPS) is 9.90. The number of hydrogen-bond acceptors (Lipinski definition) is 3. The summed E-state index contributed by atoms with van der Waals surface area (Å²) < 4.78 is 5.53. The van der Waals surface area contributed by atoms with Crippen LogP contribution in [0.2, 0.25) is 0 Å². The lowest BCUT2D eigenvalue weighted by atomic mass is 10.1. The minimum Gasteiger partial charge on any atom is -0.414 e. The highest BCUT2D eigenvalue weighted by Gasteiger charge is 2.04. The quantitative estimate of drug-likeness (QED) is 0.688. The fourth-order valence-electron chi connectivity index (χ4n) is 1.95. The molecule has 3 aromatic rings. The fraction of sp³-hybridized carbons (Fsp3) is 0.111. The van der Waals surface area contributed by atoms with Crippen molar-refractivity contribution in [3.8, 4) is 11.8 Å². The van der Waals surface area contributed by atoms with Gasteiger partial charge in [-0.15, -0.1) is 5.10 Å². The Hall–Kier alpha value is -2.86. The molecule has 3 heteroatoms. The number of aryl methyl sites for hydroxylation is 2. The molecule has 102 valence electrons. The molecular formula is C18H14N2O. The molecule has 0 aliphatic carbocycles. The predicted molar refractivity (Wildman–Crippen MR) is 80.6 cm³/mol. The maximum absolute atomic E-state index is 5.53. The van der Waals surface area contributed by atoms with E-state index >= 15 is 0 Å². The summed E-state index contributed by atoms with van der Waals surface area (Å²) in [6.07, 6.45) is 1.61. The first-order valence-electron chi connectivity index (χ1n) is 6.83. The summed E-state index contributed by atoms with van der Waals surface area (Å²) in [7, 11) is 0. The van der Waals surface area contributed by atoms with E-state index in [1.54, 1.807) is 0 Å². The molecule has 3 nitrogen and oxygen atoms in total. The van der Waals surface area contributed by atoms with E-state index in [2.05, 4.69) is 34.2 Å². The van der Waals surface area contributed by atoms with Gasteiger partial charge in [0, 0.05) is 12.0 Å². The van der Waals surface area contributed by atoms with Gasteiger partial charge < -0.3 is 4.42 Å². The molecule has 0 spiro atoms. The summed E-state index contributed by atoms with van der Waals surface area (Å²) in [5.41, 5.74) is 2.19. The Labute approximate surface area is 123 Å². The lowest BCUT2D eigenvalue weighted by Crippen LogP contribution is -1.90. The van der Waals surface area contributed by atoms with Crippen LogP contribution in [0.15, 0.2) is 65.1 Å². The summed E-state index contributed by atoms with van der Waals surface area (Å²) in [6.45, 7) is 0. The monoisotopic (exact) mass is 274 g/mol. The summed E-state index contributed by atoms with van der Waals surface area (Å²) in [5.74, 6) is 6.88. The van der Waals surface area contributed by atoms with E-state index < -0.39 is 0 Å². The summed E-state index contributed by atoms with van der Waals surface area (Å²) >= 11 is 0. The molecule has 0 fully saturated rings. The lowest BCUT2D eigenvalue weighted by Gasteiger charge is -1.96. The predicted octanol–water partition coefficient (Wildman–Crippen LogP) is 3.25. The van der Waals surface area contributed by atoms with Crippen molar-refractivity contribution in [2.45, 2.75) is 12.8 Å². The van der Waals surface area contributed by atoms with E-state index in [0.29, 0.717) is 11.8 Å².